The molecule has 0 saturated heterocycles. The van der Waals surface area contributed by atoms with Gasteiger partial charge in [-0.2, -0.15) is 0 Å². The zero-order valence-corrected chi connectivity index (χ0v) is 19.4. The molecule has 4 rings (SSSR count). The van der Waals surface area contributed by atoms with Crippen LogP contribution in [0, 0.1) is 12.7 Å². The van der Waals surface area contributed by atoms with E-state index in [9.17, 15) is 13.9 Å². The van der Waals surface area contributed by atoms with Crippen molar-refractivity contribution < 1.29 is 18.6 Å². The SMILES string of the molecule is Cc1cc(C2=CNC(O)C(F)=C2)nc(SCCC(OCc2ccccc2F)c2ccccc2)n1. The fourth-order valence-corrected chi connectivity index (χ4v) is 4.38. The topological polar surface area (TPSA) is 67.3 Å². The van der Waals surface area contributed by atoms with E-state index in [1.54, 1.807) is 24.3 Å². The van der Waals surface area contributed by atoms with Gasteiger partial charge in [0.05, 0.1) is 18.4 Å². The van der Waals surface area contributed by atoms with Gasteiger partial charge in [0.1, 0.15) is 11.6 Å². The van der Waals surface area contributed by atoms with Crippen LogP contribution in [0.25, 0.3) is 5.57 Å². The average Bonchev–Trinajstić information content (AvgIpc) is 2.84. The number of dihydropyridines is 1. The third-order valence-corrected chi connectivity index (χ3v) is 6.14. The van der Waals surface area contributed by atoms with Crippen molar-refractivity contribution in [1.29, 1.82) is 0 Å². The quantitative estimate of drug-likeness (QED) is 0.312. The molecule has 176 valence electrons. The number of aliphatic hydroxyl groups is 1. The third-order valence-electron chi connectivity index (χ3n) is 5.26. The number of allylic oxidation sites excluding steroid dienone is 2. The van der Waals surface area contributed by atoms with Gasteiger partial charge in [-0.15, -0.1) is 0 Å². The number of aromatic nitrogens is 2. The molecule has 2 N–H and O–H groups in total. The van der Waals surface area contributed by atoms with E-state index in [1.165, 1.54) is 30.1 Å². The van der Waals surface area contributed by atoms with E-state index >= 15 is 0 Å². The van der Waals surface area contributed by atoms with E-state index in [1.807, 2.05) is 37.3 Å². The van der Waals surface area contributed by atoms with Crippen molar-refractivity contribution in [1.82, 2.24) is 15.3 Å². The smallest absolute Gasteiger partial charge is 0.188 e. The van der Waals surface area contributed by atoms with Gasteiger partial charge in [-0.1, -0.05) is 60.3 Å². The lowest BCUT2D eigenvalue weighted by Crippen LogP contribution is -2.27. The number of aryl methyl sites for hydroxylation is 1. The third kappa shape index (κ3) is 6.28. The highest BCUT2D eigenvalue weighted by Crippen LogP contribution is 2.28. The first-order valence-corrected chi connectivity index (χ1v) is 11.9. The first-order chi connectivity index (χ1) is 16.5. The van der Waals surface area contributed by atoms with Gasteiger partial charge in [0.25, 0.3) is 0 Å². The molecule has 5 nitrogen and oxygen atoms in total. The van der Waals surface area contributed by atoms with Crippen molar-refractivity contribution in [3.05, 3.63) is 107 Å². The first kappa shape index (κ1) is 24.1. The van der Waals surface area contributed by atoms with Crippen molar-refractivity contribution in [2.24, 2.45) is 0 Å². The van der Waals surface area contributed by atoms with Crippen LogP contribution in [-0.2, 0) is 11.3 Å². The molecule has 0 radical (unpaired) electrons. The molecule has 2 heterocycles. The van der Waals surface area contributed by atoms with E-state index in [2.05, 4.69) is 15.3 Å². The van der Waals surface area contributed by atoms with Crippen LogP contribution in [0.3, 0.4) is 0 Å². The molecule has 2 unspecified atom stereocenters. The Balaban J connectivity index is 1.43. The highest BCUT2D eigenvalue weighted by atomic mass is 32.2. The van der Waals surface area contributed by atoms with Gasteiger partial charge in [0, 0.05) is 28.8 Å². The molecule has 0 bridgehead atoms. The normalized spacial score (nSPS) is 16.4. The van der Waals surface area contributed by atoms with E-state index < -0.39 is 12.1 Å². The number of rotatable bonds is 9. The molecule has 0 fully saturated rings. The van der Waals surface area contributed by atoms with Crippen molar-refractivity contribution >= 4 is 17.3 Å². The van der Waals surface area contributed by atoms with Crippen LogP contribution in [-0.4, -0.2) is 27.1 Å². The van der Waals surface area contributed by atoms with Crippen molar-refractivity contribution in [2.75, 3.05) is 5.75 Å². The number of thioether (sulfide) groups is 1. The van der Waals surface area contributed by atoms with Gasteiger partial charge in [-0.3, -0.25) is 0 Å². The average molecular weight is 482 g/mol. The summed E-state index contributed by atoms with van der Waals surface area (Å²) in [5.41, 5.74) is 3.39. The van der Waals surface area contributed by atoms with E-state index in [4.69, 9.17) is 4.74 Å². The van der Waals surface area contributed by atoms with Gasteiger partial charge in [-0.25, -0.2) is 18.7 Å². The molecule has 0 amide bonds. The van der Waals surface area contributed by atoms with Crippen LogP contribution in [0.15, 0.2) is 83.9 Å². The second-order valence-corrected chi connectivity index (χ2v) is 8.88. The summed E-state index contributed by atoms with van der Waals surface area (Å²) in [6.07, 6.45) is 1.91. The number of benzene rings is 2. The van der Waals surface area contributed by atoms with Crippen LogP contribution >= 0.6 is 11.8 Å². The van der Waals surface area contributed by atoms with Gasteiger partial charge < -0.3 is 15.2 Å². The maximum absolute atomic E-state index is 14.0. The molecule has 34 heavy (non-hydrogen) atoms. The molecule has 3 aromatic rings. The highest BCUT2D eigenvalue weighted by Gasteiger charge is 2.18. The minimum atomic E-state index is -1.33. The Labute approximate surface area is 201 Å². The van der Waals surface area contributed by atoms with Crippen LogP contribution in [0.2, 0.25) is 0 Å². The molecule has 0 aliphatic carbocycles. The van der Waals surface area contributed by atoms with E-state index in [0.29, 0.717) is 34.2 Å². The summed E-state index contributed by atoms with van der Waals surface area (Å²) in [4.78, 5) is 9.04. The molecule has 1 aliphatic heterocycles. The fraction of sp³-hybridized carbons (Fsp3) is 0.231. The van der Waals surface area contributed by atoms with Crippen molar-refractivity contribution in [3.8, 4) is 0 Å². The van der Waals surface area contributed by atoms with Crippen LogP contribution < -0.4 is 5.32 Å². The van der Waals surface area contributed by atoms with E-state index in [-0.39, 0.29) is 18.5 Å². The summed E-state index contributed by atoms with van der Waals surface area (Å²) in [7, 11) is 0. The summed E-state index contributed by atoms with van der Waals surface area (Å²) >= 11 is 1.47. The summed E-state index contributed by atoms with van der Waals surface area (Å²) in [6.45, 7) is 2.03. The largest absolute Gasteiger partial charge is 0.369 e. The van der Waals surface area contributed by atoms with Gasteiger partial charge in [0.15, 0.2) is 11.4 Å². The first-order valence-electron chi connectivity index (χ1n) is 10.9. The number of nitrogens with one attached hydrogen (secondary N) is 1. The predicted molar refractivity (Wildman–Crippen MR) is 129 cm³/mol. The Morgan fingerprint density at radius 3 is 2.62 bits per heavy atom. The number of hydrogen-bond donors (Lipinski definition) is 2. The Morgan fingerprint density at radius 2 is 1.85 bits per heavy atom. The van der Waals surface area contributed by atoms with Crippen molar-refractivity contribution in [2.45, 2.75) is 37.4 Å². The summed E-state index contributed by atoms with van der Waals surface area (Å²) in [5.74, 6) is -0.283. The monoisotopic (exact) mass is 481 g/mol. The fourth-order valence-electron chi connectivity index (χ4n) is 3.50. The van der Waals surface area contributed by atoms with Crippen LogP contribution in [0.1, 0.15) is 35.0 Å². The number of ether oxygens (including phenoxy) is 1. The minimum absolute atomic E-state index is 0.174. The lowest BCUT2D eigenvalue weighted by molar-refractivity contribution is 0.0364. The predicted octanol–water partition coefficient (Wildman–Crippen LogP) is 5.48. The van der Waals surface area contributed by atoms with Crippen molar-refractivity contribution in [3.63, 3.8) is 0 Å². The van der Waals surface area contributed by atoms with Gasteiger partial charge >= 0.3 is 0 Å². The molecule has 2 aromatic carbocycles. The summed E-state index contributed by atoms with van der Waals surface area (Å²) < 4.78 is 34.0. The molecular formula is C26H25F2N3O2S. The zero-order valence-electron chi connectivity index (χ0n) is 18.6. The molecule has 0 spiro atoms. The number of nitrogens with zero attached hydrogens (tertiary/aromatic N) is 2. The maximum atomic E-state index is 14.0. The Morgan fingerprint density at radius 1 is 1.09 bits per heavy atom. The summed E-state index contributed by atoms with van der Waals surface area (Å²) in [5, 5.41) is 12.6. The Kier molecular flexibility index (Phi) is 8.05. The number of halogens is 2. The molecule has 1 aromatic heterocycles. The lowest BCUT2D eigenvalue weighted by atomic mass is 10.1. The number of aliphatic hydroxyl groups excluding tert-OH is 1. The van der Waals surface area contributed by atoms with E-state index in [0.717, 1.165) is 11.3 Å². The molecule has 8 heteroatoms. The minimum Gasteiger partial charge on any atom is -0.369 e. The standard InChI is InChI=1S/C26H25F2N3O2S/c1-17-13-23(20-14-22(28)25(32)29-15-20)31-26(30-17)34-12-11-24(18-7-3-2-4-8-18)33-16-19-9-5-6-10-21(19)27/h2-10,13-15,24-25,29,32H,11-12,16H2,1H3. The Hall–Kier alpha value is -3.07. The zero-order chi connectivity index (χ0) is 23.9. The molecule has 2 atom stereocenters. The van der Waals surface area contributed by atoms with Gasteiger partial charge in [-0.05, 0) is 37.1 Å². The number of hydrogen-bond acceptors (Lipinski definition) is 6. The Bertz CT molecular complexity index is 1190. The molecular weight excluding hydrogens is 456 g/mol. The van der Waals surface area contributed by atoms with Crippen LogP contribution in [0.4, 0.5) is 8.78 Å². The van der Waals surface area contributed by atoms with Gasteiger partial charge in [0.2, 0.25) is 0 Å². The lowest BCUT2D eigenvalue weighted by Gasteiger charge is -2.19. The maximum Gasteiger partial charge on any atom is 0.188 e. The highest BCUT2D eigenvalue weighted by molar-refractivity contribution is 7.99. The second kappa shape index (κ2) is 11.4. The molecule has 1 aliphatic rings. The molecule has 0 saturated carbocycles. The summed E-state index contributed by atoms with van der Waals surface area (Å²) in [6, 6.07) is 18.2. The second-order valence-electron chi connectivity index (χ2n) is 7.81. The van der Waals surface area contributed by atoms with Crippen LogP contribution in [0.5, 0.6) is 0 Å².